The number of aromatic nitrogens is 5. The van der Waals surface area contributed by atoms with Crippen LogP contribution >= 0.6 is 0 Å². The second-order valence-electron chi connectivity index (χ2n) is 9.82. The summed E-state index contributed by atoms with van der Waals surface area (Å²) in [6, 6.07) is 4.27. The van der Waals surface area contributed by atoms with Crippen LogP contribution in [0.4, 0.5) is 27.7 Å². The van der Waals surface area contributed by atoms with Gasteiger partial charge in [0.1, 0.15) is 17.5 Å². The topological polar surface area (TPSA) is 124 Å². The molecule has 0 bridgehead atoms. The number of hydrogen-bond donors (Lipinski definition) is 3. The Kier molecular flexibility index (Phi) is 5.17. The number of epoxide rings is 1. The molecule has 3 aromatic rings. The van der Waals surface area contributed by atoms with Crippen molar-refractivity contribution in [1.82, 2.24) is 25.1 Å². The van der Waals surface area contributed by atoms with E-state index in [0.29, 0.717) is 42.2 Å². The Morgan fingerprint density at radius 2 is 2.17 bits per heavy atom. The first-order valence-electron chi connectivity index (χ1n) is 11.9. The van der Waals surface area contributed by atoms with Crippen LogP contribution in [0.25, 0.3) is 0 Å². The van der Waals surface area contributed by atoms with Gasteiger partial charge in [-0.05, 0) is 30.9 Å². The van der Waals surface area contributed by atoms with Crippen LogP contribution < -0.4 is 15.5 Å². The third-order valence-corrected chi connectivity index (χ3v) is 6.90. The van der Waals surface area contributed by atoms with Crippen molar-refractivity contribution in [2.75, 3.05) is 28.7 Å². The fourth-order valence-corrected chi connectivity index (χ4v) is 4.85. The number of amides is 1. The number of H-pyrrole nitrogens is 1. The highest BCUT2D eigenvalue weighted by atomic mass is 19.1. The summed E-state index contributed by atoms with van der Waals surface area (Å²) >= 11 is 0. The van der Waals surface area contributed by atoms with Crippen LogP contribution in [0.2, 0.25) is 0 Å². The Bertz CT molecular complexity index is 1270. The van der Waals surface area contributed by atoms with Crippen molar-refractivity contribution in [3.8, 4) is 0 Å². The quantitative estimate of drug-likeness (QED) is 0.365. The molecule has 0 saturated carbocycles. The van der Waals surface area contributed by atoms with Crippen LogP contribution in [0.5, 0.6) is 0 Å². The summed E-state index contributed by atoms with van der Waals surface area (Å²) in [5.41, 5.74) is 3.30. The highest BCUT2D eigenvalue weighted by molar-refractivity contribution is 5.96. The van der Waals surface area contributed by atoms with Crippen LogP contribution in [0.3, 0.4) is 0 Å². The van der Waals surface area contributed by atoms with E-state index in [2.05, 4.69) is 39.7 Å². The van der Waals surface area contributed by atoms with Crippen LogP contribution in [-0.2, 0) is 22.4 Å². The average molecular weight is 479 g/mol. The van der Waals surface area contributed by atoms with Gasteiger partial charge in [-0.25, -0.2) is 9.97 Å². The predicted octanol–water partition coefficient (Wildman–Crippen LogP) is 3.08. The van der Waals surface area contributed by atoms with E-state index in [1.165, 1.54) is 18.3 Å². The molecule has 2 fully saturated rings. The lowest BCUT2D eigenvalue weighted by atomic mass is 10.1. The van der Waals surface area contributed by atoms with E-state index in [1.807, 2.05) is 11.0 Å². The fraction of sp³-hybridized carbons (Fsp3) is 0.458. The van der Waals surface area contributed by atoms with E-state index in [1.54, 1.807) is 0 Å². The largest absolute Gasteiger partial charge is 0.369 e. The van der Waals surface area contributed by atoms with Gasteiger partial charge in [0.25, 0.3) is 0 Å². The van der Waals surface area contributed by atoms with Gasteiger partial charge in [0.05, 0.1) is 24.2 Å². The van der Waals surface area contributed by atoms with Gasteiger partial charge in [-0.1, -0.05) is 13.8 Å². The van der Waals surface area contributed by atoms with Gasteiger partial charge in [0.15, 0.2) is 5.82 Å². The van der Waals surface area contributed by atoms with Crippen LogP contribution in [0, 0.1) is 5.95 Å². The van der Waals surface area contributed by atoms with Gasteiger partial charge < -0.3 is 20.3 Å². The minimum atomic E-state index is -0.591. The van der Waals surface area contributed by atoms with E-state index >= 15 is 0 Å². The Morgan fingerprint density at radius 3 is 2.89 bits per heavy atom. The van der Waals surface area contributed by atoms with Crippen molar-refractivity contribution in [3.05, 3.63) is 47.3 Å². The van der Waals surface area contributed by atoms with Gasteiger partial charge in [-0.3, -0.25) is 9.89 Å². The molecule has 3 N–H and O–H groups in total. The van der Waals surface area contributed by atoms with Crippen molar-refractivity contribution in [3.63, 3.8) is 0 Å². The normalized spacial score (nSPS) is 22.6. The molecule has 6 rings (SSSR count). The number of hydrogen-bond acceptors (Lipinski definition) is 8. The van der Waals surface area contributed by atoms with E-state index in [-0.39, 0.29) is 11.5 Å². The molecule has 2 aliphatic heterocycles. The molecule has 182 valence electrons. The molecule has 3 aliphatic rings. The highest BCUT2D eigenvalue weighted by Gasteiger charge is 2.51. The first kappa shape index (κ1) is 21.9. The molecule has 11 heteroatoms. The number of rotatable bonds is 6. The Morgan fingerprint density at radius 1 is 1.31 bits per heavy atom. The number of aromatic amines is 1. The minimum Gasteiger partial charge on any atom is -0.369 e. The molecule has 1 spiro atoms. The summed E-state index contributed by atoms with van der Waals surface area (Å²) in [4.78, 5) is 28.4. The number of pyridine rings is 1. The molecular weight excluding hydrogens is 451 g/mol. The van der Waals surface area contributed by atoms with Crippen molar-refractivity contribution >= 4 is 29.2 Å². The van der Waals surface area contributed by atoms with Gasteiger partial charge in [0, 0.05) is 36.7 Å². The molecular formula is C24H27FN8O2. The zero-order chi connectivity index (χ0) is 24.2. The van der Waals surface area contributed by atoms with Gasteiger partial charge in [0.2, 0.25) is 17.8 Å². The summed E-state index contributed by atoms with van der Waals surface area (Å²) in [6.45, 7) is 5.59. The number of nitrogens with one attached hydrogen (secondary N) is 3. The molecule has 1 amide bonds. The van der Waals surface area contributed by atoms with Gasteiger partial charge >= 0.3 is 0 Å². The van der Waals surface area contributed by atoms with Crippen molar-refractivity contribution in [1.29, 1.82) is 0 Å². The molecule has 1 unspecified atom stereocenters. The molecule has 2 atom stereocenters. The summed E-state index contributed by atoms with van der Waals surface area (Å²) < 4.78 is 18.9. The Balaban J connectivity index is 1.29. The number of ether oxygens (including phenoxy) is 1. The highest BCUT2D eigenvalue weighted by Crippen LogP contribution is 2.44. The molecule has 5 heterocycles. The predicted molar refractivity (Wildman–Crippen MR) is 127 cm³/mol. The molecule has 0 aromatic carbocycles. The smallest absolute Gasteiger partial charge is 0.247 e. The Labute approximate surface area is 201 Å². The van der Waals surface area contributed by atoms with Crippen LogP contribution in [0.15, 0.2) is 24.4 Å². The maximum Gasteiger partial charge on any atom is 0.247 e. The lowest BCUT2D eigenvalue weighted by Gasteiger charge is -2.25. The van der Waals surface area contributed by atoms with E-state index in [0.717, 1.165) is 42.8 Å². The minimum absolute atomic E-state index is 0.169. The van der Waals surface area contributed by atoms with Crippen molar-refractivity contribution in [2.45, 2.75) is 57.1 Å². The van der Waals surface area contributed by atoms with Crippen LogP contribution in [0.1, 0.15) is 49.6 Å². The molecule has 2 saturated heterocycles. The lowest BCUT2D eigenvalue weighted by Crippen LogP contribution is -2.40. The monoisotopic (exact) mass is 478 g/mol. The second kappa shape index (κ2) is 8.26. The summed E-state index contributed by atoms with van der Waals surface area (Å²) in [6.07, 6.45) is 4.32. The molecule has 3 aromatic heterocycles. The summed E-state index contributed by atoms with van der Waals surface area (Å²) in [5, 5.41) is 13.7. The number of nitrogens with zero attached hydrogens (tertiary/aromatic N) is 5. The summed E-state index contributed by atoms with van der Waals surface area (Å²) in [7, 11) is 0. The maximum atomic E-state index is 13.1. The molecule has 0 radical (unpaired) electrons. The van der Waals surface area contributed by atoms with Gasteiger partial charge in [-0.2, -0.15) is 14.5 Å². The number of carbonyl (C=O) groups excluding carboxylic acids is 1. The number of halogens is 1. The van der Waals surface area contributed by atoms with Crippen molar-refractivity contribution in [2.24, 2.45) is 0 Å². The zero-order valence-electron chi connectivity index (χ0n) is 19.6. The molecule has 35 heavy (non-hydrogen) atoms. The third-order valence-electron chi connectivity index (χ3n) is 6.90. The number of fused-ring (bicyclic) bond motifs is 1. The zero-order valence-corrected chi connectivity index (χ0v) is 19.6. The van der Waals surface area contributed by atoms with E-state index in [4.69, 9.17) is 14.7 Å². The van der Waals surface area contributed by atoms with Crippen LogP contribution in [-0.4, -0.2) is 55.9 Å². The molecule has 10 nitrogen and oxygen atoms in total. The number of anilines is 4. The fourth-order valence-electron chi connectivity index (χ4n) is 4.85. The standard InChI is InChI=1S/C24H27FN8O2/c1-13(2)16-8-20(32-31-16)29-21-15-9-24(12-35-24)10-17(15)28-23(30-21)33-7-3-4-18(33)22(34)27-14-5-6-19(25)26-11-14/h5-6,8,11,13,18H,3-4,7,9-10,12H2,1-2H3,(H,27,34)(H2,28,29,30,31,32)/t18?,24-/m0/s1. The van der Waals surface area contributed by atoms with E-state index in [9.17, 15) is 9.18 Å². The summed E-state index contributed by atoms with van der Waals surface area (Å²) in [5.74, 6) is 1.45. The van der Waals surface area contributed by atoms with Gasteiger partial charge in [-0.15, -0.1) is 0 Å². The Hall–Kier alpha value is -3.60. The first-order valence-corrected chi connectivity index (χ1v) is 11.9. The average Bonchev–Trinajstić information content (AvgIpc) is 3.21. The number of carbonyl (C=O) groups is 1. The lowest BCUT2D eigenvalue weighted by molar-refractivity contribution is -0.117. The first-order chi connectivity index (χ1) is 16.9. The molecule has 1 aliphatic carbocycles. The SMILES string of the molecule is CC(C)c1cc(Nc2nc(N3CCCC3C(=O)Nc3ccc(F)nc3)nc3c2C[C@@]2(CO2)C3)n[nH]1. The third kappa shape index (κ3) is 4.20. The second-order valence-corrected chi connectivity index (χ2v) is 9.82. The van der Waals surface area contributed by atoms with Crippen molar-refractivity contribution < 1.29 is 13.9 Å². The van der Waals surface area contributed by atoms with E-state index < -0.39 is 12.0 Å². The maximum absolute atomic E-state index is 13.1.